The fourth-order valence-electron chi connectivity index (χ4n) is 2.10. The van der Waals surface area contributed by atoms with Crippen LogP contribution in [0.1, 0.15) is 22.7 Å². The minimum Gasteiger partial charge on any atom is -0.323 e. The van der Waals surface area contributed by atoms with Crippen LogP contribution < -0.4 is 5.73 Å². The number of hydrogen-bond donors (Lipinski definition) is 1. The van der Waals surface area contributed by atoms with Crippen molar-refractivity contribution in [3.8, 4) is 0 Å². The molecule has 2 N–H and O–H groups in total. The smallest absolute Gasteiger partial charge is 0.180 e. The lowest BCUT2D eigenvalue weighted by Crippen LogP contribution is -2.12. The molecule has 0 fully saturated rings. The van der Waals surface area contributed by atoms with Gasteiger partial charge in [0.05, 0.1) is 10.6 Å². The van der Waals surface area contributed by atoms with Crippen molar-refractivity contribution in [1.29, 1.82) is 0 Å². The summed E-state index contributed by atoms with van der Waals surface area (Å²) in [6.45, 7) is 3.77. The van der Waals surface area contributed by atoms with E-state index < -0.39 is 9.84 Å². The highest BCUT2D eigenvalue weighted by molar-refractivity contribution is 7.91. The average molecular weight is 211 g/mol. The number of benzene rings is 1. The van der Waals surface area contributed by atoms with Gasteiger partial charge in [0, 0.05) is 6.04 Å². The summed E-state index contributed by atoms with van der Waals surface area (Å²) in [6.07, 6.45) is 0. The molecule has 0 aromatic heterocycles. The largest absolute Gasteiger partial charge is 0.323 e. The van der Waals surface area contributed by atoms with Crippen LogP contribution in [-0.2, 0) is 9.84 Å². The van der Waals surface area contributed by atoms with E-state index in [1.165, 1.54) is 0 Å². The van der Waals surface area contributed by atoms with E-state index in [-0.39, 0.29) is 11.8 Å². The van der Waals surface area contributed by atoms with Crippen molar-refractivity contribution in [2.75, 3.05) is 5.75 Å². The van der Waals surface area contributed by atoms with Crippen molar-refractivity contribution in [1.82, 2.24) is 0 Å². The molecule has 3 nitrogen and oxygen atoms in total. The van der Waals surface area contributed by atoms with Gasteiger partial charge in [-0.1, -0.05) is 17.7 Å². The maximum absolute atomic E-state index is 11.7. The maximum atomic E-state index is 11.7. The second kappa shape index (κ2) is 2.81. The standard InChI is InChI=1S/C10H13NO2S/c1-6-3-7(2)10-8(4-6)9(11)5-14(10,12)13/h3-4,9H,5,11H2,1-2H3. The van der Waals surface area contributed by atoms with Gasteiger partial charge < -0.3 is 5.73 Å². The molecule has 0 saturated carbocycles. The van der Waals surface area contributed by atoms with Crippen LogP contribution in [-0.4, -0.2) is 14.2 Å². The van der Waals surface area contributed by atoms with E-state index in [1.807, 2.05) is 26.0 Å². The summed E-state index contributed by atoms with van der Waals surface area (Å²) in [5.74, 6) is 0.0482. The van der Waals surface area contributed by atoms with E-state index in [0.717, 1.165) is 16.7 Å². The van der Waals surface area contributed by atoms with Gasteiger partial charge in [0.15, 0.2) is 9.84 Å². The predicted molar refractivity (Wildman–Crippen MR) is 54.9 cm³/mol. The van der Waals surface area contributed by atoms with Gasteiger partial charge in [0.2, 0.25) is 0 Å². The van der Waals surface area contributed by atoms with E-state index in [1.54, 1.807) is 0 Å². The van der Waals surface area contributed by atoms with E-state index in [9.17, 15) is 8.42 Å². The Labute approximate surface area is 83.9 Å². The molecule has 2 rings (SSSR count). The maximum Gasteiger partial charge on any atom is 0.180 e. The normalized spacial score (nSPS) is 23.5. The Morgan fingerprint density at radius 2 is 2.00 bits per heavy atom. The second-order valence-electron chi connectivity index (χ2n) is 3.89. The zero-order valence-electron chi connectivity index (χ0n) is 8.24. The zero-order chi connectivity index (χ0) is 10.5. The third-order valence-electron chi connectivity index (χ3n) is 2.56. The minimum absolute atomic E-state index is 0.0482. The molecule has 0 radical (unpaired) electrons. The van der Waals surface area contributed by atoms with Crippen molar-refractivity contribution >= 4 is 9.84 Å². The quantitative estimate of drug-likeness (QED) is 0.698. The van der Waals surface area contributed by atoms with Crippen molar-refractivity contribution in [3.63, 3.8) is 0 Å². The molecular weight excluding hydrogens is 198 g/mol. The highest BCUT2D eigenvalue weighted by atomic mass is 32.2. The van der Waals surface area contributed by atoms with Crippen molar-refractivity contribution < 1.29 is 8.42 Å². The van der Waals surface area contributed by atoms with Gasteiger partial charge in [-0.3, -0.25) is 0 Å². The van der Waals surface area contributed by atoms with Crippen molar-refractivity contribution in [3.05, 3.63) is 28.8 Å². The topological polar surface area (TPSA) is 60.2 Å². The molecule has 0 amide bonds. The fourth-order valence-corrected chi connectivity index (χ4v) is 4.03. The highest BCUT2D eigenvalue weighted by Crippen LogP contribution is 2.34. The zero-order valence-corrected chi connectivity index (χ0v) is 9.06. The Hall–Kier alpha value is -0.870. The molecule has 76 valence electrons. The van der Waals surface area contributed by atoms with Crippen LogP contribution in [0.4, 0.5) is 0 Å². The third-order valence-corrected chi connectivity index (χ3v) is 4.53. The highest BCUT2D eigenvalue weighted by Gasteiger charge is 2.33. The van der Waals surface area contributed by atoms with Crippen LogP contribution in [0, 0.1) is 13.8 Å². The van der Waals surface area contributed by atoms with Crippen LogP contribution >= 0.6 is 0 Å². The Morgan fingerprint density at radius 3 is 2.64 bits per heavy atom. The molecule has 1 atom stereocenters. The lowest BCUT2D eigenvalue weighted by atomic mass is 10.0. The summed E-state index contributed by atoms with van der Waals surface area (Å²) in [4.78, 5) is 0.454. The molecule has 4 heteroatoms. The van der Waals surface area contributed by atoms with Gasteiger partial charge in [0.1, 0.15) is 0 Å². The van der Waals surface area contributed by atoms with Gasteiger partial charge in [-0.25, -0.2) is 8.42 Å². The van der Waals surface area contributed by atoms with Gasteiger partial charge in [-0.2, -0.15) is 0 Å². The fraction of sp³-hybridized carbons (Fsp3) is 0.400. The first-order valence-corrected chi connectivity index (χ1v) is 6.16. The monoisotopic (exact) mass is 211 g/mol. The number of fused-ring (bicyclic) bond motifs is 1. The Balaban J connectivity index is 2.82. The molecule has 1 aromatic carbocycles. The molecular formula is C10H13NO2S. The molecule has 1 aromatic rings. The molecule has 0 spiro atoms. The summed E-state index contributed by atoms with van der Waals surface area (Å²) in [5, 5.41) is 0. The number of nitrogens with two attached hydrogens (primary N) is 1. The van der Waals surface area contributed by atoms with Crippen LogP contribution in [0.5, 0.6) is 0 Å². The molecule has 1 aliphatic heterocycles. The third kappa shape index (κ3) is 1.26. The van der Waals surface area contributed by atoms with Crippen LogP contribution in [0.2, 0.25) is 0 Å². The molecule has 0 saturated heterocycles. The van der Waals surface area contributed by atoms with E-state index >= 15 is 0 Å². The lowest BCUT2D eigenvalue weighted by molar-refractivity contribution is 0.597. The first-order valence-electron chi connectivity index (χ1n) is 4.51. The van der Waals surface area contributed by atoms with Crippen LogP contribution in [0.3, 0.4) is 0 Å². The molecule has 1 heterocycles. The molecule has 1 unspecified atom stereocenters. The SMILES string of the molecule is Cc1cc(C)c2c(c1)C(N)CS2(=O)=O. The predicted octanol–water partition coefficient (Wildman–Crippen LogP) is 1.09. The summed E-state index contributed by atoms with van der Waals surface area (Å²) in [7, 11) is -3.13. The van der Waals surface area contributed by atoms with Gasteiger partial charge in [0.25, 0.3) is 0 Å². The Kier molecular flexibility index (Phi) is 1.94. The van der Waals surface area contributed by atoms with Crippen molar-refractivity contribution in [2.45, 2.75) is 24.8 Å². The Bertz CT molecular complexity index is 491. The van der Waals surface area contributed by atoms with Crippen molar-refractivity contribution in [2.24, 2.45) is 5.73 Å². The number of sulfone groups is 1. The Morgan fingerprint density at radius 1 is 1.36 bits per heavy atom. The van der Waals surface area contributed by atoms with Crippen LogP contribution in [0.15, 0.2) is 17.0 Å². The summed E-state index contributed by atoms with van der Waals surface area (Å²) >= 11 is 0. The molecule has 0 aliphatic carbocycles. The summed E-state index contributed by atoms with van der Waals surface area (Å²) in [5.41, 5.74) is 8.44. The first-order chi connectivity index (χ1) is 6.42. The lowest BCUT2D eigenvalue weighted by Gasteiger charge is -2.06. The van der Waals surface area contributed by atoms with Gasteiger partial charge in [-0.05, 0) is 25.0 Å². The minimum atomic E-state index is -3.13. The second-order valence-corrected chi connectivity index (χ2v) is 5.86. The summed E-state index contributed by atoms with van der Waals surface area (Å²) < 4.78 is 23.4. The summed E-state index contributed by atoms with van der Waals surface area (Å²) in [6, 6.07) is 3.40. The van der Waals surface area contributed by atoms with E-state index in [2.05, 4.69) is 0 Å². The first kappa shape index (κ1) is 9.68. The van der Waals surface area contributed by atoms with Crippen LogP contribution in [0.25, 0.3) is 0 Å². The number of hydrogen-bond acceptors (Lipinski definition) is 3. The van der Waals surface area contributed by atoms with E-state index in [4.69, 9.17) is 5.73 Å². The molecule has 14 heavy (non-hydrogen) atoms. The number of aryl methyl sites for hydroxylation is 2. The molecule has 1 aliphatic rings. The van der Waals surface area contributed by atoms with E-state index in [0.29, 0.717) is 4.90 Å². The average Bonchev–Trinajstić information content (AvgIpc) is 2.21. The molecule has 0 bridgehead atoms. The van der Waals surface area contributed by atoms with Gasteiger partial charge >= 0.3 is 0 Å². The van der Waals surface area contributed by atoms with Gasteiger partial charge in [-0.15, -0.1) is 0 Å². The number of rotatable bonds is 0.